The van der Waals surface area contributed by atoms with Gasteiger partial charge in [0, 0.05) is 20.4 Å². The molecular weight excluding hydrogens is 422 g/mol. The summed E-state index contributed by atoms with van der Waals surface area (Å²) < 4.78 is 63.2. The SMILES string of the molecule is [2H][C@H]1CCCN(C(c2ccc(NC3Cc4ccc(Cl)c(F)c4C3)cn2)C(F)(F)F)C1=O. The molecule has 4 nitrogen and oxygen atoms in total. The standard InChI is InChI=1S/C21H20ClF4N3O/c22-16-6-4-12-9-14(10-15(12)19(16)23)28-13-5-7-17(27-11-13)20(21(24,25)26)29-8-2-1-3-18(29)30/h4-7,11,14,20,28H,1-3,8-10H2/i3D/t3-,14?,20?/m0/s1. The van der Waals surface area contributed by atoms with E-state index in [1.807, 2.05) is 0 Å². The molecule has 1 saturated heterocycles. The number of nitrogens with zero attached hydrogens (tertiary/aromatic N) is 2. The number of pyridine rings is 1. The van der Waals surface area contributed by atoms with Gasteiger partial charge in [-0.3, -0.25) is 9.78 Å². The zero-order valence-electron chi connectivity index (χ0n) is 16.8. The van der Waals surface area contributed by atoms with Gasteiger partial charge in [0.15, 0.2) is 6.04 Å². The van der Waals surface area contributed by atoms with Crippen molar-refractivity contribution < 1.29 is 23.7 Å². The Morgan fingerprint density at radius 1 is 1.23 bits per heavy atom. The van der Waals surface area contributed by atoms with Gasteiger partial charge in [0.25, 0.3) is 0 Å². The number of carbonyl (C=O) groups is 1. The van der Waals surface area contributed by atoms with E-state index >= 15 is 0 Å². The number of carbonyl (C=O) groups excluding carboxylic acids is 1. The maximum absolute atomic E-state index is 14.2. The van der Waals surface area contributed by atoms with Gasteiger partial charge in [-0.15, -0.1) is 0 Å². The Hall–Kier alpha value is -2.35. The average molecular weight is 443 g/mol. The van der Waals surface area contributed by atoms with E-state index in [1.54, 1.807) is 6.07 Å². The Morgan fingerprint density at radius 2 is 2.03 bits per heavy atom. The van der Waals surface area contributed by atoms with E-state index in [1.165, 1.54) is 24.4 Å². The summed E-state index contributed by atoms with van der Waals surface area (Å²) in [6, 6.07) is 3.67. The maximum atomic E-state index is 14.2. The van der Waals surface area contributed by atoms with Crippen LogP contribution >= 0.6 is 11.6 Å². The average Bonchev–Trinajstić information content (AvgIpc) is 3.12. The Kier molecular flexibility index (Phi) is 5.26. The third kappa shape index (κ3) is 4.10. The zero-order chi connectivity index (χ0) is 22.3. The molecule has 2 aliphatic rings. The normalized spacial score (nSPS) is 23.2. The zero-order valence-corrected chi connectivity index (χ0v) is 16.6. The van der Waals surface area contributed by atoms with Gasteiger partial charge in [0.05, 0.1) is 22.6 Å². The molecule has 0 saturated carbocycles. The van der Waals surface area contributed by atoms with Gasteiger partial charge in [0.2, 0.25) is 5.91 Å². The van der Waals surface area contributed by atoms with E-state index in [0.29, 0.717) is 35.4 Å². The lowest BCUT2D eigenvalue weighted by atomic mass is 10.0. The molecule has 1 aliphatic heterocycles. The van der Waals surface area contributed by atoms with Crippen LogP contribution in [0.3, 0.4) is 0 Å². The Morgan fingerprint density at radius 3 is 2.73 bits per heavy atom. The second-order valence-corrected chi connectivity index (χ2v) is 7.95. The van der Waals surface area contributed by atoms with E-state index in [9.17, 15) is 22.4 Å². The van der Waals surface area contributed by atoms with Crippen LogP contribution in [0.2, 0.25) is 5.02 Å². The van der Waals surface area contributed by atoms with E-state index < -0.39 is 30.3 Å². The Labute approximate surface area is 177 Å². The number of alkyl halides is 3. The third-order valence-electron chi connectivity index (χ3n) is 5.47. The summed E-state index contributed by atoms with van der Waals surface area (Å²) in [4.78, 5) is 16.9. The highest BCUT2D eigenvalue weighted by molar-refractivity contribution is 6.30. The summed E-state index contributed by atoms with van der Waals surface area (Å²) in [5.41, 5.74) is 1.58. The molecule has 2 aromatic rings. The van der Waals surface area contributed by atoms with Crippen LogP contribution in [-0.4, -0.2) is 34.6 Å². The molecule has 4 rings (SSSR count). The van der Waals surface area contributed by atoms with Crippen LogP contribution in [-0.2, 0) is 17.6 Å². The molecule has 1 N–H and O–H groups in total. The molecule has 0 spiro atoms. The molecule has 1 amide bonds. The minimum absolute atomic E-state index is 0.0609. The molecule has 1 fully saturated rings. The van der Waals surface area contributed by atoms with Crippen LogP contribution in [0.25, 0.3) is 0 Å². The van der Waals surface area contributed by atoms with Gasteiger partial charge >= 0.3 is 6.18 Å². The van der Waals surface area contributed by atoms with Gasteiger partial charge in [0.1, 0.15) is 5.82 Å². The summed E-state index contributed by atoms with van der Waals surface area (Å²) in [7, 11) is 0. The lowest BCUT2D eigenvalue weighted by Crippen LogP contribution is -2.45. The van der Waals surface area contributed by atoms with Crippen molar-refractivity contribution >= 4 is 23.2 Å². The number of amides is 1. The highest BCUT2D eigenvalue weighted by Gasteiger charge is 2.47. The molecule has 2 heterocycles. The van der Waals surface area contributed by atoms with Crippen molar-refractivity contribution in [1.82, 2.24) is 9.88 Å². The number of rotatable bonds is 4. The number of nitrogens with one attached hydrogen (secondary N) is 1. The summed E-state index contributed by atoms with van der Waals surface area (Å²) in [6.45, 7) is -0.0610. The molecular formula is C21H20ClF4N3O. The minimum Gasteiger partial charge on any atom is -0.380 e. The lowest BCUT2D eigenvalue weighted by molar-refractivity contribution is -0.195. The fraction of sp³-hybridized carbons (Fsp3) is 0.429. The first-order chi connectivity index (χ1) is 14.6. The minimum atomic E-state index is -4.71. The fourth-order valence-electron chi connectivity index (χ4n) is 4.09. The van der Waals surface area contributed by atoms with Gasteiger partial charge in [-0.1, -0.05) is 17.7 Å². The first-order valence-electron chi connectivity index (χ1n) is 10.2. The van der Waals surface area contributed by atoms with Crippen molar-refractivity contribution in [2.75, 3.05) is 11.9 Å². The van der Waals surface area contributed by atoms with Gasteiger partial charge in [-0.2, -0.15) is 13.2 Å². The molecule has 1 aromatic heterocycles. The summed E-state index contributed by atoms with van der Waals surface area (Å²) in [5, 5.41) is 3.23. The molecule has 2 unspecified atom stereocenters. The predicted molar refractivity (Wildman–Crippen MR) is 105 cm³/mol. The highest BCUT2D eigenvalue weighted by atomic mass is 35.5. The molecule has 1 aliphatic carbocycles. The van der Waals surface area contributed by atoms with Gasteiger partial charge in [-0.05, 0) is 55.0 Å². The van der Waals surface area contributed by atoms with Crippen molar-refractivity contribution in [3.63, 3.8) is 0 Å². The smallest absolute Gasteiger partial charge is 0.380 e. The summed E-state index contributed by atoms with van der Waals surface area (Å²) in [6.07, 6.45) is -3.05. The van der Waals surface area contributed by atoms with Crippen LogP contribution in [0.1, 0.15) is 43.5 Å². The number of benzene rings is 1. The van der Waals surface area contributed by atoms with Crippen LogP contribution in [0.4, 0.5) is 23.2 Å². The van der Waals surface area contributed by atoms with Crippen molar-refractivity contribution in [1.29, 1.82) is 0 Å². The second-order valence-electron chi connectivity index (χ2n) is 7.54. The van der Waals surface area contributed by atoms with E-state index in [-0.39, 0.29) is 29.7 Å². The van der Waals surface area contributed by atoms with Crippen molar-refractivity contribution in [2.45, 2.75) is 50.3 Å². The van der Waals surface area contributed by atoms with Crippen LogP contribution in [0, 0.1) is 5.82 Å². The Bertz CT molecular complexity index is 986. The number of piperidine rings is 1. The fourth-order valence-corrected chi connectivity index (χ4v) is 4.27. The van der Waals surface area contributed by atoms with Crippen LogP contribution in [0.5, 0.6) is 0 Å². The second kappa shape index (κ2) is 8.06. The molecule has 0 bridgehead atoms. The molecule has 30 heavy (non-hydrogen) atoms. The monoisotopic (exact) mass is 442 g/mol. The maximum Gasteiger partial charge on any atom is 0.414 e. The highest BCUT2D eigenvalue weighted by Crippen LogP contribution is 2.39. The van der Waals surface area contributed by atoms with E-state index in [0.717, 1.165) is 5.56 Å². The van der Waals surface area contributed by atoms with Crippen molar-refractivity contribution in [3.8, 4) is 0 Å². The van der Waals surface area contributed by atoms with Crippen LogP contribution < -0.4 is 5.32 Å². The predicted octanol–water partition coefficient (Wildman–Crippen LogP) is 5.07. The van der Waals surface area contributed by atoms with Gasteiger partial charge in [-0.25, -0.2) is 4.39 Å². The van der Waals surface area contributed by atoms with E-state index in [4.69, 9.17) is 13.0 Å². The number of halogens is 5. The quantitative estimate of drug-likeness (QED) is 0.672. The topological polar surface area (TPSA) is 45.2 Å². The number of likely N-dealkylation sites (tertiary alicyclic amines) is 1. The molecule has 160 valence electrons. The number of hydrogen-bond acceptors (Lipinski definition) is 3. The summed E-state index contributed by atoms with van der Waals surface area (Å²) >= 11 is 5.83. The first kappa shape index (κ1) is 19.6. The van der Waals surface area contributed by atoms with E-state index in [2.05, 4.69) is 10.3 Å². The van der Waals surface area contributed by atoms with Crippen LogP contribution in [0.15, 0.2) is 30.5 Å². The molecule has 0 radical (unpaired) electrons. The number of fused-ring (bicyclic) bond motifs is 1. The molecule has 9 heteroatoms. The van der Waals surface area contributed by atoms with Crippen molar-refractivity contribution in [3.05, 3.63) is 58.1 Å². The number of aromatic nitrogens is 1. The molecule has 1 aromatic carbocycles. The largest absolute Gasteiger partial charge is 0.414 e. The lowest BCUT2D eigenvalue weighted by Gasteiger charge is -2.35. The first-order valence-corrected chi connectivity index (χ1v) is 10.0. The Balaban J connectivity index is 1.50. The van der Waals surface area contributed by atoms with Crippen molar-refractivity contribution in [2.24, 2.45) is 0 Å². The molecule has 3 atom stereocenters. The number of anilines is 1. The third-order valence-corrected chi connectivity index (χ3v) is 5.77. The summed E-state index contributed by atoms with van der Waals surface area (Å²) in [5.74, 6) is -1.27. The van der Waals surface area contributed by atoms with Gasteiger partial charge < -0.3 is 10.2 Å². The number of hydrogen-bond donors (Lipinski definition) is 1.